The molecule has 1 aromatic heterocycles. The van der Waals surface area contributed by atoms with Gasteiger partial charge in [-0.2, -0.15) is 0 Å². The SMILES string of the molecule is COC(=O)c1sccc1C1NCCc2cc(OC)c(OC)cc21. The Morgan fingerprint density at radius 1 is 1.17 bits per heavy atom. The summed E-state index contributed by atoms with van der Waals surface area (Å²) < 4.78 is 15.7. The highest BCUT2D eigenvalue weighted by molar-refractivity contribution is 7.12. The zero-order chi connectivity index (χ0) is 16.4. The van der Waals surface area contributed by atoms with E-state index in [2.05, 4.69) is 5.32 Å². The van der Waals surface area contributed by atoms with Crippen molar-refractivity contribution in [3.05, 3.63) is 45.1 Å². The van der Waals surface area contributed by atoms with Crippen LogP contribution in [-0.2, 0) is 11.2 Å². The number of rotatable bonds is 4. The number of nitrogens with one attached hydrogen (secondary N) is 1. The number of ether oxygens (including phenoxy) is 3. The summed E-state index contributed by atoms with van der Waals surface area (Å²) in [5, 5.41) is 5.40. The van der Waals surface area contributed by atoms with Crippen molar-refractivity contribution >= 4 is 17.3 Å². The molecule has 0 radical (unpaired) electrons. The van der Waals surface area contributed by atoms with Gasteiger partial charge >= 0.3 is 5.97 Å². The molecule has 0 spiro atoms. The lowest BCUT2D eigenvalue weighted by atomic mass is 9.89. The van der Waals surface area contributed by atoms with E-state index < -0.39 is 0 Å². The van der Waals surface area contributed by atoms with Gasteiger partial charge in [0.15, 0.2) is 11.5 Å². The van der Waals surface area contributed by atoms with Crippen molar-refractivity contribution in [1.82, 2.24) is 5.32 Å². The molecule has 0 amide bonds. The Morgan fingerprint density at radius 2 is 1.91 bits per heavy atom. The Balaban J connectivity index is 2.08. The summed E-state index contributed by atoms with van der Waals surface area (Å²) in [6, 6.07) is 5.93. The number of benzene rings is 1. The summed E-state index contributed by atoms with van der Waals surface area (Å²) in [7, 11) is 4.67. The zero-order valence-corrected chi connectivity index (χ0v) is 14.2. The van der Waals surface area contributed by atoms with E-state index in [1.54, 1.807) is 14.2 Å². The van der Waals surface area contributed by atoms with Gasteiger partial charge in [-0.25, -0.2) is 4.79 Å². The molecule has 0 aliphatic carbocycles. The molecule has 0 saturated carbocycles. The quantitative estimate of drug-likeness (QED) is 0.872. The average Bonchev–Trinajstić information content (AvgIpc) is 3.08. The minimum absolute atomic E-state index is 0.0566. The van der Waals surface area contributed by atoms with Crippen molar-refractivity contribution in [1.29, 1.82) is 0 Å². The third kappa shape index (κ3) is 2.80. The van der Waals surface area contributed by atoms with E-state index in [1.807, 2.05) is 23.6 Å². The van der Waals surface area contributed by atoms with Crippen LogP contribution in [0.25, 0.3) is 0 Å². The molecular weight excluding hydrogens is 314 g/mol. The lowest BCUT2D eigenvalue weighted by molar-refractivity contribution is 0.0604. The molecule has 1 aromatic carbocycles. The van der Waals surface area contributed by atoms with Gasteiger partial charge in [0, 0.05) is 6.54 Å². The van der Waals surface area contributed by atoms with Crippen LogP contribution in [0.4, 0.5) is 0 Å². The lowest BCUT2D eigenvalue weighted by Crippen LogP contribution is -2.31. The van der Waals surface area contributed by atoms with Gasteiger partial charge in [0.1, 0.15) is 4.88 Å². The van der Waals surface area contributed by atoms with Crippen LogP contribution >= 0.6 is 11.3 Å². The third-order valence-corrected chi connectivity index (χ3v) is 4.99. The number of hydrogen-bond acceptors (Lipinski definition) is 6. The number of esters is 1. The number of carbonyl (C=O) groups excluding carboxylic acids is 1. The minimum atomic E-state index is -0.301. The molecule has 1 aliphatic heterocycles. The fourth-order valence-corrected chi connectivity index (χ4v) is 3.82. The predicted octanol–water partition coefficient (Wildman–Crippen LogP) is 2.79. The molecule has 0 saturated heterocycles. The molecule has 2 aromatic rings. The van der Waals surface area contributed by atoms with Gasteiger partial charge in [0.05, 0.1) is 27.4 Å². The Morgan fingerprint density at radius 3 is 2.61 bits per heavy atom. The van der Waals surface area contributed by atoms with Crippen LogP contribution in [0.15, 0.2) is 23.6 Å². The molecule has 1 N–H and O–H groups in total. The summed E-state index contributed by atoms with van der Waals surface area (Å²) >= 11 is 1.40. The average molecular weight is 333 g/mol. The maximum atomic E-state index is 12.0. The smallest absolute Gasteiger partial charge is 0.348 e. The van der Waals surface area contributed by atoms with Gasteiger partial charge in [0.2, 0.25) is 0 Å². The van der Waals surface area contributed by atoms with Crippen LogP contribution in [0.5, 0.6) is 11.5 Å². The van der Waals surface area contributed by atoms with Crippen LogP contribution in [0.1, 0.15) is 32.4 Å². The van der Waals surface area contributed by atoms with Crippen molar-refractivity contribution in [3.8, 4) is 11.5 Å². The van der Waals surface area contributed by atoms with Crippen LogP contribution in [0.2, 0.25) is 0 Å². The van der Waals surface area contributed by atoms with E-state index in [-0.39, 0.29) is 12.0 Å². The number of methoxy groups -OCH3 is 3. The first-order chi connectivity index (χ1) is 11.2. The maximum absolute atomic E-state index is 12.0. The largest absolute Gasteiger partial charge is 0.493 e. The van der Waals surface area contributed by atoms with Gasteiger partial charge in [-0.15, -0.1) is 11.3 Å². The van der Waals surface area contributed by atoms with Crippen molar-refractivity contribution in [2.45, 2.75) is 12.5 Å². The first-order valence-electron chi connectivity index (χ1n) is 7.33. The Bertz CT molecular complexity index is 725. The molecule has 1 unspecified atom stereocenters. The van der Waals surface area contributed by atoms with E-state index in [0.717, 1.165) is 29.8 Å². The molecule has 6 heteroatoms. The third-order valence-electron chi connectivity index (χ3n) is 4.08. The van der Waals surface area contributed by atoms with Crippen molar-refractivity contribution in [2.75, 3.05) is 27.9 Å². The second-order valence-electron chi connectivity index (χ2n) is 5.24. The summed E-state index contributed by atoms with van der Waals surface area (Å²) in [4.78, 5) is 12.6. The Labute approximate surface area is 139 Å². The van der Waals surface area contributed by atoms with E-state index in [4.69, 9.17) is 14.2 Å². The normalized spacial score (nSPS) is 16.6. The highest BCUT2D eigenvalue weighted by atomic mass is 32.1. The summed E-state index contributed by atoms with van der Waals surface area (Å²) in [5.74, 6) is 1.12. The van der Waals surface area contributed by atoms with Crippen molar-refractivity contribution in [3.63, 3.8) is 0 Å². The highest BCUT2D eigenvalue weighted by Crippen LogP contribution is 2.39. The predicted molar refractivity (Wildman–Crippen MR) is 88.8 cm³/mol. The summed E-state index contributed by atoms with van der Waals surface area (Å²) in [5.41, 5.74) is 3.25. The summed E-state index contributed by atoms with van der Waals surface area (Å²) in [6.07, 6.45) is 0.907. The Kier molecular flexibility index (Phi) is 4.54. The molecule has 0 fully saturated rings. The monoisotopic (exact) mass is 333 g/mol. The molecule has 2 heterocycles. The molecular formula is C17H19NO4S. The first kappa shape index (κ1) is 15.8. The van der Waals surface area contributed by atoms with Crippen LogP contribution < -0.4 is 14.8 Å². The lowest BCUT2D eigenvalue weighted by Gasteiger charge is -2.28. The maximum Gasteiger partial charge on any atom is 0.348 e. The van der Waals surface area contributed by atoms with Gasteiger partial charge in [-0.05, 0) is 46.7 Å². The second kappa shape index (κ2) is 6.60. The fraction of sp³-hybridized carbons (Fsp3) is 0.353. The molecule has 23 heavy (non-hydrogen) atoms. The van der Waals surface area contributed by atoms with E-state index in [9.17, 15) is 4.79 Å². The van der Waals surface area contributed by atoms with Gasteiger partial charge < -0.3 is 19.5 Å². The standard InChI is InChI=1S/C17H19NO4S/c1-20-13-8-10-4-6-18-15(12(10)9-14(13)21-2)11-5-7-23-16(11)17(19)22-3/h5,7-9,15,18H,4,6H2,1-3H3. The van der Waals surface area contributed by atoms with Crippen LogP contribution in [-0.4, -0.2) is 33.8 Å². The van der Waals surface area contributed by atoms with Gasteiger partial charge in [-0.1, -0.05) is 0 Å². The molecule has 1 aliphatic rings. The number of carbonyl (C=O) groups is 1. The zero-order valence-electron chi connectivity index (χ0n) is 13.3. The van der Waals surface area contributed by atoms with E-state index in [1.165, 1.54) is 24.0 Å². The molecule has 122 valence electrons. The van der Waals surface area contributed by atoms with E-state index in [0.29, 0.717) is 10.6 Å². The van der Waals surface area contributed by atoms with Gasteiger partial charge in [0.25, 0.3) is 0 Å². The number of thiophene rings is 1. The molecule has 0 bridgehead atoms. The van der Waals surface area contributed by atoms with Crippen molar-refractivity contribution < 1.29 is 19.0 Å². The Hall–Kier alpha value is -2.05. The molecule has 5 nitrogen and oxygen atoms in total. The number of fused-ring (bicyclic) bond motifs is 1. The number of hydrogen-bond donors (Lipinski definition) is 1. The van der Waals surface area contributed by atoms with Crippen LogP contribution in [0.3, 0.4) is 0 Å². The van der Waals surface area contributed by atoms with E-state index >= 15 is 0 Å². The topological polar surface area (TPSA) is 56.8 Å². The molecule has 3 rings (SSSR count). The second-order valence-corrected chi connectivity index (χ2v) is 6.16. The molecule has 1 atom stereocenters. The first-order valence-corrected chi connectivity index (χ1v) is 8.21. The van der Waals surface area contributed by atoms with Crippen molar-refractivity contribution in [2.24, 2.45) is 0 Å². The minimum Gasteiger partial charge on any atom is -0.493 e. The fourth-order valence-electron chi connectivity index (χ4n) is 2.97. The summed E-state index contributed by atoms with van der Waals surface area (Å²) in [6.45, 7) is 0.837. The highest BCUT2D eigenvalue weighted by Gasteiger charge is 2.28. The van der Waals surface area contributed by atoms with Gasteiger partial charge in [-0.3, -0.25) is 0 Å². The van der Waals surface area contributed by atoms with Crippen LogP contribution in [0, 0.1) is 0 Å².